The first-order chi connectivity index (χ1) is 14.4. The Morgan fingerprint density at radius 1 is 1.13 bits per heavy atom. The Balaban J connectivity index is 1.35. The monoisotopic (exact) mass is 407 g/mol. The van der Waals surface area contributed by atoms with Crippen LogP contribution in [0.3, 0.4) is 0 Å². The van der Waals surface area contributed by atoms with Crippen molar-refractivity contribution in [3.05, 3.63) is 65.7 Å². The molecule has 1 unspecified atom stereocenters. The molecule has 2 N–H and O–H groups in total. The Kier molecular flexibility index (Phi) is 5.44. The number of amides is 4. The molecule has 0 radical (unpaired) electrons. The van der Waals surface area contributed by atoms with Crippen LogP contribution in [0.5, 0.6) is 5.75 Å². The number of nitrogens with zero attached hydrogens (tertiary/aromatic N) is 1. The van der Waals surface area contributed by atoms with Gasteiger partial charge in [-0.25, -0.2) is 4.79 Å². The minimum absolute atomic E-state index is 0.340. The zero-order chi connectivity index (χ0) is 21.1. The minimum Gasteiger partial charge on any atom is -0.493 e. The molecular weight excluding hydrogens is 382 g/mol. The smallest absolute Gasteiger partial charge is 0.344 e. The quantitative estimate of drug-likeness (QED) is 0.659. The predicted octanol–water partition coefficient (Wildman–Crippen LogP) is 3.06. The molecule has 1 aliphatic heterocycles. The van der Waals surface area contributed by atoms with E-state index in [1.165, 1.54) is 12.8 Å². The normalized spacial score (nSPS) is 20.8. The number of nitrogens with one attached hydrogen (secondary N) is 2. The molecular formula is C23H25N3O4. The molecule has 2 fully saturated rings. The van der Waals surface area contributed by atoms with E-state index in [-0.39, 0.29) is 0 Å². The second-order valence-electron chi connectivity index (χ2n) is 8.11. The van der Waals surface area contributed by atoms with Gasteiger partial charge in [-0.3, -0.25) is 15.0 Å². The number of ether oxygens (including phenoxy) is 1. The molecule has 156 valence electrons. The van der Waals surface area contributed by atoms with Crippen LogP contribution in [-0.2, 0) is 11.2 Å². The fourth-order valence-electron chi connectivity index (χ4n) is 3.36. The Morgan fingerprint density at radius 3 is 2.50 bits per heavy atom. The highest BCUT2D eigenvalue weighted by atomic mass is 16.5. The summed E-state index contributed by atoms with van der Waals surface area (Å²) in [5.74, 6) is 0.339. The maximum Gasteiger partial charge on any atom is 0.344 e. The van der Waals surface area contributed by atoms with Crippen molar-refractivity contribution in [3.63, 3.8) is 0 Å². The highest BCUT2D eigenvalue weighted by Gasteiger charge is 2.48. The van der Waals surface area contributed by atoms with Gasteiger partial charge in [-0.1, -0.05) is 30.3 Å². The van der Waals surface area contributed by atoms with E-state index in [2.05, 4.69) is 10.7 Å². The molecule has 0 aromatic heterocycles. The number of hydrogen-bond acceptors (Lipinski definition) is 4. The molecule has 1 aliphatic carbocycles. The van der Waals surface area contributed by atoms with Gasteiger partial charge in [0.2, 0.25) is 0 Å². The Bertz CT molecular complexity index is 941. The molecule has 1 saturated heterocycles. The summed E-state index contributed by atoms with van der Waals surface area (Å²) in [6.45, 7) is 2.36. The van der Waals surface area contributed by atoms with Crippen LogP contribution in [0, 0.1) is 5.92 Å². The maximum atomic E-state index is 12.8. The van der Waals surface area contributed by atoms with Crippen LogP contribution in [-0.4, -0.2) is 35.0 Å². The third-order valence-corrected chi connectivity index (χ3v) is 5.53. The number of carbonyl (C=O) groups is 3. The van der Waals surface area contributed by atoms with E-state index in [9.17, 15) is 14.4 Å². The van der Waals surface area contributed by atoms with Gasteiger partial charge < -0.3 is 10.1 Å². The fraction of sp³-hybridized carbons (Fsp3) is 0.348. The lowest BCUT2D eigenvalue weighted by molar-refractivity contribution is -0.132. The van der Waals surface area contributed by atoms with Crippen LogP contribution >= 0.6 is 0 Å². The maximum absolute atomic E-state index is 12.8. The molecule has 1 heterocycles. The van der Waals surface area contributed by atoms with Gasteiger partial charge in [0.25, 0.3) is 11.8 Å². The summed E-state index contributed by atoms with van der Waals surface area (Å²) < 4.78 is 5.66. The summed E-state index contributed by atoms with van der Waals surface area (Å²) in [5.41, 5.74) is 2.77. The molecule has 4 amide bonds. The summed E-state index contributed by atoms with van der Waals surface area (Å²) in [4.78, 5) is 37.7. The molecule has 2 aliphatic rings. The summed E-state index contributed by atoms with van der Waals surface area (Å²) >= 11 is 0. The second kappa shape index (κ2) is 8.18. The van der Waals surface area contributed by atoms with Crippen LogP contribution in [0.1, 0.15) is 42.1 Å². The van der Waals surface area contributed by atoms with E-state index in [1.807, 2.05) is 30.3 Å². The average molecular weight is 407 g/mol. The number of aryl methyl sites for hydroxylation is 1. The van der Waals surface area contributed by atoms with E-state index in [4.69, 9.17) is 4.74 Å². The lowest BCUT2D eigenvalue weighted by Gasteiger charge is -2.21. The van der Waals surface area contributed by atoms with Gasteiger partial charge in [0, 0.05) is 5.56 Å². The number of benzene rings is 2. The standard InChI is InChI=1S/C23H25N3O4/c1-23(14-13-16-5-3-2-4-6-16)21(28)26(22(29)24-23)25-20(27)18-9-11-19(12-10-18)30-15-17-7-8-17/h2-6,9-12,17H,7-8,13-15H2,1H3,(H,24,29)(H,25,27). The molecule has 7 nitrogen and oxygen atoms in total. The van der Waals surface area contributed by atoms with Crippen molar-refractivity contribution in [2.45, 2.75) is 38.1 Å². The highest BCUT2D eigenvalue weighted by molar-refractivity contribution is 6.09. The highest BCUT2D eigenvalue weighted by Crippen LogP contribution is 2.29. The molecule has 30 heavy (non-hydrogen) atoms. The number of urea groups is 1. The first-order valence-corrected chi connectivity index (χ1v) is 10.2. The van der Waals surface area contributed by atoms with Crippen molar-refractivity contribution < 1.29 is 19.1 Å². The first-order valence-electron chi connectivity index (χ1n) is 10.2. The van der Waals surface area contributed by atoms with Crippen LogP contribution in [0.25, 0.3) is 0 Å². The van der Waals surface area contributed by atoms with Crippen molar-refractivity contribution in [2.75, 3.05) is 6.61 Å². The van der Waals surface area contributed by atoms with Crippen molar-refractivity contribution in [1.29, 1.82) is 0 Å². The average Bonchev–Trinajstić information content (AvgIpc) is 3.56. The fourth-order valence-corrected chi connectivity index (χ4v) is 3.36. The topological polar surface area (TPSA) is 87.7 Å². The van der Waals surface area contributed by atoms with E-state index >= 15 is 0 Å². The van der Waals surface area contributed by atoms with Crippen LogP contribution in [0.15, 0.2) is 54.6 Å². The molecule has 1 saturated carbocycles. The van der Waals surface area contributed by atoms with Gasteiger partial charge >= 0.3 is 6.03 Å². The molecule has 2 aromatic rings. The van der Waals surface area contributed by atoms with E-state index in [0.29, 0.717) is 36.7 Å². The molecule has 0 spiro atoms. The van der Waals surface area contributed by atoms with Crippen LogP contribution in [0.4, 0.5) is 4.79 Å². The Morgan fingerprint density at radius 2 is 1.83 bits per heavy atom. The second-order valence-corrected chi connectivity index (χ2v) is 8.11. The van der Waals surface area contributed by atoms with Crippen molar-refractivity contribution in [3.8, 4) is 5.75 Å². The summed E-state index contributed by atoms with van der Waals surface area (Å²) in [6, 6.07) is 15.8. The Hall–Kier alpha value is -3.35. The molecule has 2 aromatic carbocycles. The van der Waals surface area contributed by atoms with Gasteiger partial charge in [-0.2, -0.15) is 5.01 Å². The van der Waals surface area contributed by atoms with Gasteiger partial charge in [-0.15, -0.1) is 0 Å². The van der Waals surface area contributed by atoms with Gasteiger partial charge in [-0.05, 0) is 68.4 Å². The zero-order valence-corrected chi connectivity index (χ0v) is 16.9. The minimum atomic E-state index is -1.07. The lowest BCUT2D eigenvalue weighted by atomic mass is 9.93. The Labute approximate surface area is 175 Å². The summed E-state index contributed by atoms with van der Waals surface area (Å²) in [7, 11) is 0. The molecule has 0 bridgehead atoms. The van der Waals surface area contributed by atoms with Gasteiger partial charge in [0.15, 0.2) is 0 Å². The van der Waals surface area contributed by atoms with Crippen LogP contribution in [0.2, 0.25) is 0 Å². The molecule has 4 rings (SSSR count). The third-order valence-electron chi connectivity index (χ3n) is 5.53. The summed E-state index contributed by atoms with van der Waals surface area (Å²) in [6.07, 6.45) is 3.47. The van der Waals surface area contributed by atoms with Crippen LogP contribution < -0.4 is 15.5 Å². The van der Waals surface area contributed by atoms with Gasteiger partial charge in [0.1, 0.15) is 11.3 Å². The van der Waals surface area contributed by atoms with Crippen molar-refractivity contribution in [2.24, 2.45) is 5.92 Å². The molecule has 1 atom stereocenters. The number of hydrogen-bond donors (Lipinski definition) is 2. The lowest BCUT2D eigenvalue weighted by Crippen LogP contribution is -2.48. The summed E-state index contributed by atoms with van der Waals surface area (Å²) in [5, 5.41) is 3.47. The predicted molar refractivity (Wildman–Crippen MR) is 111 cm³/mol. The van der Waals surface area contributed by atoms with E-state index in [1.54, 1.807) is 31.2 Å². The van der Waals surface area contributed by atoms with Crippen molar-refractivity contribution in [1.82, 2.24) is 15.8 Å². The van der Waals surface area contributed by atoms with E-state index < -0.39 is 23.4 Å². The van der Waals surface area contributed by atoms with Crippen molar-refractivity contribution >= 4 is 17.8 Å². The SMILES string of the molecule is CC1(CCc2ccccc2)NC(=O)N(NC(=O)c2ccc(OCC3CC3)cc2)C1=O. The number of imide groups is 1. The first kappa shape index (κ1) is 19.9. The number of carbonyl (C=O) groups excluding carboxylic acids is 3. The van der Waals surface area contributed by atoms with E-state index in [0.717, 1.165) is 10.6 Å². The zero-order valence-electron chi connectivity index (χ0n) is 16.9. The number of rotatable bonds is 8. The largest absolute Gasteiger partial charge is 0.493 e. The number of hydrazine groups is 1. The van der Waals surface area contributed by atoms with Gasteiger partial charge in [0.05, 0.1) is 6.61 Å². The third kappa shape index (κ3) is 4.45. The molecule has 7 heteroatoms.